The third-order valence-corrected chi connectivity index (χ3v) is 11.3. The predicted molar refractivity (Wildman–Crippen MR) is 214 cm³/mol. The molecule has 6 aromatic rings. The topological polar surface area (TPSA) is 126 Å². The lowest BCUT2D eigenvalue weighted by molar-refractivity contribution is -0.117. The molecule has 0 spiro atoms. The number of benzene rings is 2. The summed E-state index contributed by atoms with van der Waals surface area (Å²) in [5.41, 5.74) is 3.15. The number of thiophene rings is 2. The van der Waals surface area contributed by atoms with Gasteiger partial charge in [-0.2, -0.15) is 0 Å². The van der Waals surface area contributed by atoms with E-state index in [0.717, 1.165) is 43.7 Å². The van der Waals surface area contributed by atoms with E-state index in [0.29, 0.717) is 44.5 Å². The van der Waals surface area contributed by atoms with Gasteiger partial charge in [-0.15, -0.1) is 22.7 Å². The van der Waals surface area contributed by atoms with Gasteiger partial charge in [-0.1, -0.05) is 53.2 Å². The summed E-state index contributed by atoms with van der Waals surface area (Å²) in [6, 6.07) is 22.5. The summed E-state index contributed by atoms with van der Waals surface area (Å²) in [5, 5.41) is 13.9. The number of aldehydes is 1. The van der Waals surface area contributed by atoms with Crippen molar-refractivity contribution in [2.24, 2.45) is 9.98 Å². The molecule has 2 amide bonds. The maximum atomic E-state index is 12.2. The Morgan fingerprint density at radius 2 is 1.33 bits per heavy atom. The number of carbonyl (C=O) groups is 3. The second kappa shape index (κ2) is 17.7. The molecule has 0 bridgehead atoms. The van der Waals surface area contributed by atoms with Crippen LogP contribution in [-0.4, -0.2) is 44.2 Å². The summed E-state index contributed by atoms with van der Waals surface area (Å²) < 4.78 is 0. The van der Waals surface area contributed by atoms with Crippen molar-refractivity contribution in [2.45, 2.75) is 13.1 Å². The van der Waals surface area contributed by atoms with Gasteiger partial charge in [0.25, 0.3) is 5.91 Å². The first-order valence-corrected chi connectivity index (χ1v) is 19.5. The van der Waals surface area contributed by atoms with Crippen molar-refractivity contribution in [1.29, 1.82) is 0 Å². The van der Waals surface area contributed by atoms with Gasteiger partial charge in [-0.05, 0) is 88.8 Å². The van der Waals surface area contributed by atoms with Crippen LogP contribution in [0.2, 0.25) is 10.0 Å². The number of aromatic nitrogens is 2. The number of rotatable bonds is 6. The van der Waals surface area contributed by atoms with Gasteiger partial charge >= 0.3 is 0 Å². The Balaban J connectivity index is 0.000000145. The third kappa shape index (κ3) is 10.1. The zero-order chi connectivity index (χ0) is 35.6. The van der Waals surface area contributed by atoms with Gasteiger partial charge in [-0.25, -0.2) is 0 Å². The van der Waals surface area contributed by atoms with Crippen LogP contribution in [0.15, 0.2) is 111 Å². The van der Waals surface area contributed by atoms with Gasteiger partial charge in [0.2, 0.25) is 5.91 Å². The fourth-order valence-corrected chi connectivity index (χ4v) is 7.77. The summed E-state index contributed by atoms with van der Waals surface area (Å²) in [7, 11) is 0. The third-order valence-electron chi connectivity index (χ3n) is 7.01. The van der Waals surface area contributed by atoms with Crippen molar-refractivity contribution in [3.8, 4) is 0 Å². The number of hydrogen-bond donors (Lipinski definition) is 2. The van der Waals surface area contributed by atoms with Gasteiger partial charge in [0, 0.05) is 38.5 Å². The Hall–Kier alpha value is -4.37. The zero-order valence-electron chi connectivity index (χ0n) is 26.4. The highest BCUT2D eigenvalue weighted by atomic mass is 35.5. The number of aliphatic imine (C=N–C) groups is 2. The number of hydrogen-bond acceptors (Lipinski definition) is 11. The highest BCUT2D eigenvalue weighted by molar-refractivity contribution is 8.18. The predicted octanol–water partition coefficient (Wildman–Crippen LogP) is 8.88. The molecule has 9 nitrogen and oxygen atoms in total. The molecule has 8 rings (SSSR count). The molecule has 4 aromatic heterocycles. The van der Waals surface area contributed by atoms with Gasteiger partial charge in [0.05, 0.1) is 44.8 Å². The van der Waals surface area contributed by atoms with E-state index in [-0.39, 0.29) is 11.8 Å². The number of fused-ring (bicyclic) bond motifs is 2. The number of amides is 2. The van der Waals surface area contributed by atoms with Crippen LogP contribution < -0.4 is 10.6 Å². The molecule has 2 saturated heterocycles. The van der Waals surface area contributed by atoms with Crippen LogP contribution in [-0.2, 0) is 22.7 Å². The Bertz CT molecular complexity index is 2290. The molecule has 0 saturated carbocycles. The normalized spacial score (nSPS) is 16.2. The van der Waals surface area contributed by atoms with E-state index >= 15 is 0 Å². The van der Waals surface area contributed by atoms with Gasteiger partial charge in [-0.3, -0.25) is 34.3 Å². The van der Waals surface area contributed by atoms with Crippen molar-refractivity contribution < 1.29 is 14.4 Å². The minimum absolute atomic E-state index is 0.0509. The number of nitrogens with one attached hydrogen (secondary N) is 2. The number of halogens is 2. The van der Waals surface area contributed by atoms with E-state index in [2.05, 4.69) is 30.6 Å². The van der Waals surface area contributed by atoms with Crippen LogP contribution >= 0.6 is 69.4 Å². The van der Waals surface area contributed by atoms with E-state index in [1.54, 1.807) is 65.4 Å². The molecule has 2 fully saturated rings. The molecule has 2 aliphatic heterocycles. The number of thioether (sulfide) groups is 2. The standard InChI is InChI=1S/C18H12ClN3OS2.C10H6ClNO.C8H8N2OS2/c19-14-5-6-20-15-4-3-11(8-13(14)15)9-16-17(23)22-18(25-16)21-10-12-2-1-7-24-12;11-9-3-4-12-10-2-1-7(6-13)5-8(9)10;11-7-5-13-8(10-7)9-4-6-2-1-3-12-6/h1-9H,10H2,(H,21,22,23);1-6H;1-3H,4-5H2,(H,9,10,11)/b16-9-;;. The minimum atomic E-state index is -0.132. The van der Waals surface area contributed by atoms with Crippen molar-refractivity contribution in [3.05, 3.63) is 132 Å². The van der Waals surface area contributed by atoms with E-state index in [9.17, 15) is 14.4 Å². The Morgan fingerprint density at radius 1 is 0.745 bits per heavy atom. The van der Waals surface area contributed by atoms with Crippen LogP contribution in [0.1, 0.15) is 25.7 Å². The fraction of sp³-hybridized carbons (Fsp3) is 0.0833. The average Bonchev–Trinajstić information content (AvgIpc) is 3.98. The van der Waals surface area contributed by atoms with Crippen LogP contribution in [0.5, 0.6) is 0 Å². The zero-order valence-corrected chi connectivity index (χ0v) is 31.2. The van der Waals surface area contributed by atoms with Crippen molar-refractivity contribution in [3.63, 3.8) is 0 Å². The second-order valence-corrected chi connectivity index (χ2v) is 15.4. The Morgan fingerprint density at radius 3 is 1.88 bits per heavy atom. The number of carbonyl (C=O) groups excluding carboxylic acids is 3. The fourth-order valence-electron chi connectivity index (χ4n) is 4.59. The lowest BCUT2D eigenvalue weighted by atomic mass is 10.1. The average molecular weight is 790 g/mol. The van der Waals surface area contributed by atoms with Gasteiger partial charge in [0.15, 0.2) is 10.3 Å². The molecule has 0 unspecified atom stereocenters. The van der Waals surface area contributed by atoms with Crippen molar-refractivity contribution >= 4 is 126 Å². The van der Waals surface area contributed by atoms with Crippen LogP contribution in [0, 0.1) is 0 Å². The monoisotopic (exact) mass is 788 g/mol. The lowest BCUT2D eigenvalue weighted by Crippen LogP contribution is -2.20. The highest BCUT2D eigenvalue weighted by Crippen LogP contribution is 2.29. The Kier molecular flexibility index (Phi) is 12.7. The second-order valence-electron chi connectivity index (χ2n) is 10.6. The molecular formula is C36H26Cl2N6O3S4. The summed E-state index contributed by atoms with van der Waals surface area (Å²) >= 11 is 18.3. The molecule has 2 aliphatic rings. The molecule has 2 N–H and O–H groups in total. The largest absolute Gasteiger partial charge is 0.305 e. The number of amidine groups is 2. The minimum Gasteiger partial charge on any atom is -0.305 e. The first-order valence-electron chi connectivity index (χ1n) is 15.2. The van der Waals surface area contributed by atoms with E-state index in [1.165, 1.54) is 28.4 Å². The van der Waals surface area contributed by atoms with Crippen molar-refractivity contribution in [2.75, 3.05) is 5.75 Å². The number of nitrogens with zero attached hydrogens (tertiary/aromatic N) is 4. The molecule has 0 aliphatic carbocycles. The maximum Gasteiger partial charge on any atom is 0.264 e. The molecule has 2 aromatic carbocycles. The van der Waals surface area contributed by atoms with Crippen molar-refractivity contribution in [1.82, 2.24) is 20.6 Å². The first kappa shape index (κ1) is 36.4. The molecule has 51 heavy (non-hydrogen) atoms. The van der Waals surface area contributed by atoms with E-state index in [1.807, 2.05) is 59.3 Å². The summed E-state index contributed by atoms with van der Waals surface area (Å²) in [6.07, 6.45) is 5.96. The van der Waals surface area contributed by atoms with Crippen LogP contribution in [0.4, 0.5) is 0 Å². The smallest absolute Gasteiger partial charge is 0.264 e. The number of pyridine rings is 2. The first-order chi connectivity index (χ1) is 24.8. The molecule has 15 heteroatoms. The van der Waals surface area contributed by atoms with Crippen LogP contribution in [0.3, 0.4) is 0 Å². The highest BCUT2D eigenvalue weighted by Gasteiger charge is 2.23. The molecule has 256 valence electrons. The molecular weight excluding hydrogens is 764 g/mol. The summed E-state index contributed by atoms with van der Waals surface area (Å²) in [4.78, 5) is 53.6. The maximum absolute atomic E-state index is 12.2. The van der Waals surface area contributed by atoms with E-state index in [4.69, 9.17) is 23.2 Å². The lowest BCUT2D eigenvalue weighted by Gasteiger charge is -2.01. The molecule has 6 heterocycles. The van der Waals surface area contributed by atoms with E-state index < -0.39 is 0 Å². The van der Waals surface area contributed by atoms with Gasteiger partial charge in [0.1, 0.15) is 6.29 Å². The van der Waals surface area contributed by atoms with Crippen LogP contribution in [0.25, 0.3) is 27.9 Å². The Labute approximate surface area is 319 Å². The molecule has 0 radical (unpaired) electrons. The molecule has 0 atom stereocenters. The quantitative estimate of drug-likeness (QED) is 0.128. The SMILES string of the molecule is O=C1CSC(=NCc2cccs2)N1.O=C1NC(=NCc2cccs2)S/C1=C\c1ccc2nccc(Cl)c2c1.O=Cc1ccc2nccc(Cl)c2c1. The summed E-state index contributed by atoms with van der Waals surface area (Å²) in [5.74, 6) is 0.422. The summed E-state index contributed by atoms with van der Waals surface area (Å²) in [6.45, 7) is 1.24. The van der Waals surface area contributed by atoms with Gasteiger partial charge < -0.3 is 10.6 Å².